The average molecular weight is 530 g/mol. The van der Waals surface area contributed by atoms with Crippen LogP contribution in [0.3, 0.4) is 0 Å². The van der Waals surface area contributed by atoms with Crippen molar-refractivity contribution >= 4 is 38.5 Å². The van der Waals surface area contributed by atoms with Crippen LogP contribution >= 0.6 is 0 Å². The lowest BCUT2D eigenvalue weighted by Crippen LogP contribution is -2.45. The SMILES string of the molecule is c1ccc(C2=NC(c3ccc(-c4cccc5oc6ccccc6c45)c4ccccc34)NC(c3ccccc3)N2)cc1. The summed E-state index contributed by atoms with van der Waals surface area (Å²) in [5.41, 5.74) is 7.54. The number of hydrogen-bond donors (Lipinski definition) is 2. The van der Waals surface area contributed by atoms with Crippen LogP contribution in [0.5, 0.6) is 0 Å². The zero-order chi connectivity index (χ0) is 27.2. The highest BCUT2D eigenvalue weighted by Gasteiger charge is 2.27. The molecule has 0 bridgehead atoms. The first-order valence-electron chi connectivity index (χ1n) is 14.0. The number of furan rings is 1. The molecule has 0 amide bonds. The summed E-state index contributed by atoms with van der Waals surface area (Å²) in [6.45, 7) is 0. The zero-order valence-corrected chi connectivity index (χ0v) is 22.3. The quantitative estimate of drug-likeness (QED) is 0.240. The summed E-state index contributed by atoms with van der Waals surface area (Å²) in [6, 6.07) is 48.6. The van der Waals surface area contributed by atoms with Crippen molar-refractivity contribution < 1.29 is 4.42 Å². The van der Waals surface area contributed by atoms with Gasteiger partial charge in [0.15, 0.2) is 0 Å². The van der Waals surface area contributed by atoms with E-state index in [1.807, 2.05) is 24.3 Å². The van der Waals surface area contributed by atoms with Gasteiger partial charge in [-0.05, 0) is 45.2 Å². The number of benzene rings is 6. The third-order valence-electron chi connectivity index (χ3n) is 7.99. The van der Waals surface area contributed by atoms with Gasteiger partial charge in [-0.3, -0.25) is 5.32 Å². The molecule has 4 heteroatoms. The summed E-state index contributed by atoms with van der Waals surface area (Å²) in [4.78, 5) is 5.21. The number of amidine groups is 1. The Kier molecular flexibility index (Phi) is 5.64. The van der Waals surface area contributed by atoms with Crippen LogP contribution in [0.15, 0.2) is 149 Å². The van der Waals surface area contributed by atoms with Crippen molar-refractivity contribution in [2.45, 2.75) is 12.3 Å². The van der Waals surface area contributed by atoms with Crippen LogP contribution in [0.2, 0.25) is 0 Å². The molecule has 0 radical (unpaired) electrons. The molecule has 1 aliphatic heterocycles. The van der Waals surface area contributed by atoms with Gasteiger partial charge in [-0.1, -0.05) is 127 Å². The van der Waals surface area contributed by atoms with E-state index in [-0.39, 0.29) is 12.3 Å². The second-order valence-corrected chi connectivity index (χ2v) is 10.4. The fourth-order valence-electron chi connectivity index (χ4n) is 6.07. The van der Waals surface area contributed by atoms with Crippen LogP contribution in [-0.4, -0.2) is 5.84 Å². The molecular weight excluding hydrogens is 502 g/mol. The first-order chi connectivity index (χ1) is 20.3. The molecular formula is C37H27N3O. The Labute approximate surface area is 238 Å². The molecule has 4 nitrogen and oxygen atoms in total. The highest BCUT2D eigenvalue weighted by atomic mass is 16.3. The molecule has 7 aromatic rings. The lowest BCUT2D eigenvalue weighted by molar-refractivity contribution is 0.410. The number of nitrogens with zero attached hydrogens (tertiary/aromatic N) is 1. The Bertz CT molecular complexity index is 2060. The minimum Gasteiger partial charge on any atom is -0.456 e. The van der Waals surface area contributed by atoms with Crippen molar-refractivity contribution in [2.75, 3.05) is 0 Å². The number of nitrogens with one attached hydrogen (secondary N) is 2. The lowest BCUT2D eigenvalue weighted by atomic mass is 9.91. The molecule has 1 aliphatic rings. The molecule has 2 unspecified atom stereocenters. The number of aliphatic imine (C=N–C) groups is 1. The topological polar surface area (TPSA) is 49.6 Å². The van der Waals surface area contributed by atoms with Crippen molar-refractivity contribution in [3.8, 4) is 11.1 Å². The molecule has 0 fully saturated rings. The Balaban J connectivity index is 1.31. The molecule has 8 rings (SSSR count). The first-order valence-corrected chi connectivity index (χ1v) is 14.0. The standard InChI is InChI=1S/C37H27N3O/c1-3-12-24(13-4-1)35-38-36(25-14-5-2-6-15-25)40-37(39-35)30-23-22-28(26-16-7-8-17-27(26)30)29-19-11-21-33-34(29)31-18-9-10-20-32(31)41-33/h1-23,35,37,39H,(H,38,40). The Hall–Kier alpha value is -5.19. The first kappa shape index (κ1) is 23.7. The van der Waals surface area contributed by atoms with E-state index >= 15 is 0 Å². The van der Waals surface area contributed by atoms with E-state index in [9.17, 15) is 0 Å². The van der Waals surface area contributed by atoms with Gasteiger partial charge in [0.05, 0.1) is 0 Å². The summed E-state index contributed by atoms with van der Waals surface area (Å²) >= 11 is 0. The molecule has 2 atom stereocenters. The molecule has 0 aliphatic carbocycles. The van der Waals surface area contributed by atoms with Gasteiger partial charge in [0, 0.05) is 16.3 Å². The minimum absolute atomic E-state index is 0.0848. The largest absolute Gasteiger partial charge is 0.456 e. The maximum absolute atomic E-state index is 6.22. The zero-order valence-electron chi connectivity index (χ0n) is 22.3. The smallest absolute Gasteiger partial charge is 0.136 e. The summed E-state index contributed by atoms with van der Waals surface area (Å²) in [6.07, 6.45) is -0.320. The van der Waals surface area contributed by atoms with Crippen molar-refractivity contribution in [2.24, 2.45) is 4.99 Å². The Morgan fingerprint density at radius 2 is 1.22 bits per heavy atom. The van der Waals surface area contributed by atoms with Crippen LogP contribution in [-0.2, 0) is 0 Å². The number of rotatable bonds is 4. The predicted octanol–water partition coefficient (Wildman–Crippen LogP) is 8.74. The summed E-state index contributed by atoms with van der Waals surface area (Å²) in [7, 11) is 0. The van der Waals surface area contributed by atoms with E-state index in [2.05, 4.69) is 126 Å². The second-order valence-electron chi connectivity index (χ2n) is 10.4. The number of para-hydroxylation sites is 1. The van der Waals surface area contributed by atoms with Crippen molar-refractivity contribution in [3.05, 3.63) is 156 Å². The maximum atomic E-state index is 6.22. The van der Waals surface area contributed by atoms with Gasteiger partial charge in [-0.25, -0.2) is 4.99 Å². The Morgan fingerprint density at radius 1 is 0.537 bits per heavy atom. The molecule has 2 N–H and O–H groups in total. The molecule has 1 aromatic heterocycles. The average Bonchev–Trinajstić information content (AvgIpc) is 3.44. The second kappa shape index (κ2) is 9.77. The van der Waals surface area contributed by atoms with Crippen LogP contribution in [0.4, 0.5) is 0 Å². The molecule has 0 saturated heterocycles. The lowest BCUT2D eigenvalue weighted by Gasteiger charge is -2.32. The third kappa shape index (κ3) is 4.08. The summed E-state index contributed by atoms with van der Waals surface area (Å²) in [5, 5.41) is 12.1. The van der Waals surface area contributed by atoms with Crippen LogP contribution in [0, 0.1) is 0 Å². The highest BCUT2D eigenvalue weighted by Crippen LogP contribution is 2.41. The van der Waals surface area contributed by atoms with E-state index in [0.717, 1.165) is 38.9 Å². The van der Waals surface area contributed by atoms with Crippen molar-refractivity contribution in [1.82, 2.24) is 10.6 Å². The van der Waals surface area contributed by atoms with Gasteiger partial charge in [-0.15, -0.1) is 0 Å². The van der Waals surface area contributed by atoms with Gasteiger partial charge < -0.3 is 9.73 Å². The van der Waals surface area contributed by atoms with E-state index in [1.54, 1.807) is 0 Å². The van der Waals surface area contributed by atoms with E-state index in [0.29, 0.717) is 0 Å². The van der Waals surface area contributed by atoms with E-state index in [4.69, 9.17) is 9.41 Å². The molecule has 41 heavy (non-hydrogen) atoms. The number of hydrogen-bond acceptors (Lipinski definition) is 4. The van der Waals surface area contributed by atoms with Gasteiger partial charge in [0.2, 0.25) is 0 Å². The van der Waals surface area contributed by atoms with Gasteiger partial charge >= 0.3 is 0 Å². The van der Waals surface area contributed by atoms with Crippen LogP contribution in [0.1, 0.15) is 29.0 Å². The van der Waals surface area contributed by atoms with Gasteiger partial charge in [0.25, 0.3) is 0 Å². The third-order valence-corrected chi connectivity index (χ3v) is 7.99. The molecule has 0 saturated carbocycles. The fraction of sp³-hybridized carbons (Fsp3) is 0.0541. The van der Waals surface area contributed by atoms with Crippen molar-refractivity contribution in [1.29, 1.82) is 0 Å². The van der Waals surface area contributed by atoms with Gasteiger partial charge in [0.1, 0.15) is 29.3 Å². The van der Waals surface area contributed by atoms with E-state index < -0.39 is 0 Å². The van der Waals surface area contributed by atoms with Crippen LogP contribution < -0.4 is 10.6 Å². The molecule has 6 aromatic carbocycles. The maximum Gasteiger partial charge on any atom is 0.136 e. The molecule has 0 spiro atoms. The summed E-state index contributed by atoms with van der Waals surface area (Å²) < 4.78 is 6.22. The minimum atomic E-state index is -0.235. The van der Waals surface area contributed by atoms with Gasteiger partial charge in [-0.2, -0.15) is 0 Å². The number of fused-ring (bicyclic) bond motifs is 4. The van der Waals surface area contributed by atoms with Crippen LogP contribution in [0.25, 0.3) is 43.8 Å². The normalized spacial score (nSPS) is 17.0. The highest BCUT2D eigenvalue weighted by molar-refractivity contribution is 6.15. The Morgan fingerprint density at radius 3 is 2.05 bits per heavy atom. The predicted molar refractivity (Wildman–Crippen MR) is 168 cm³/mol. The summed E-state index contributed by atoms with van der Waals surface area (Å²) in [5.74, 6) is 0.881. The molecule has 196 valence electrons. The van der Waals surface area contributed by atoms with E-state index in [1.165, 1.54) is 27.5 Å². The molecule has 2 heterocycles. The fourth-order valence-corrected chi connectivity index (χ4v) is 6.07. The van der Waals surface area contributed by atoms with Crippen molar-refractivity contribution in [3.63, 3.8) is 0 Å². The monoisotopic (exact) mass is 529 g/mol.